The summed E-state index contributed by atoms with van der Waals surface area (Å²) < 4.78 is 13.3. The molecule has 0 heterocycles. The maximum Gasteiger partial charge on any atom is 0.242 e. The number of amides is 2. The Hall–Kier alpha value is -3.47. The van der Waals surface area contributed by atoms with Crippen molar-refractivity contribution in [3.8, 4) is 0 Å². The minimum atomic E-state index is -0.666. The van der Waals surface area contributed by atoms with Gasteiger partial charge < -0.3 is 10.2 Å². The molecule has 0 saturated heterocycles. The Morgan fingerprint density at radius 3 is 2.23 bits per heavy atom. The average Bonchev–Trinajstić information content (AvgIpc) is 2.78. The molecular formula is C26H27FN2O2. The SMILES string of the molecule is CNC(=O)C(Cc1ccccc1)N(Cc1cccc(C)c1)C(=O)Cc1ccc(F)cc1. The second-order valence-electron chi connectivity index (χ2n) is 7.63. The van der Waals surface area contributed by atoms with Crippen LogP contribution >= 0.6 is 0 Å². The smallest absolute Gasteiger partial charge is 0.242 e. The maximum atomic E-state index is 13.4. The molecule has 3 rings (SSSR count). The van der Waals surface area contributed by atoms with Gasteiger partial charge in [-0.25, -0.2) is 4.39 Å². The molecule has 0 spiro atoms. The number of nitrogens with one attached hydrogen (secondary N) is 1. The fraction of sp³-hybridized carbons (Fsp3) is 0.231. The van der Waals surface area contributed by atoms with E-state index in [0.29, 0.717) is 18.5 Å². The summed E-state index contributed by atoms with van der Waals surface area (Å²) in [7, 11) is 1.58. The van der Waals surface area contributed by atoms with Gasteiger partial charge >= 0.3 is 0 Å². The number of carbonyl (C=O) groups is 2. The van der Waals surface area contributed by atoms with Crippen molar-refractivity contribution in [1.29, 1.82) is 0 Å². The summed E-state index contributed by atoms with van der Waals surface area (Å²) in [5.41, 5.74) is 3.72. The van der Waals surface area contributed by atoms with Crippen LogP contribution in [-0.4, -0.2) is 29.8 Å². The largest absolute Gasteiger partial charge is 0.357 e. The highest BCUT2D eigenvalue weighted by atomic mass is 19.1. The molecular weight excluding hydrogens is 391 g/mol. The number of halogens is 1. The molecule has 31 heavy (non-hydrogen) atoms. The van der Waals surface area contributed by atoms with Crippen LogP contribution < -0.4 is 5.32 Å². The first-order valence-corrected chi connectivity index (χ1v) is 10.3. The van der Waals surface area contributed by atoms with Gasteiger partial charge in [-0.15, -0.1) is 0 Å². The van der Waals surface area contributed by atoms with Crippen molar-refractivity contribution in [2.45, 2.75) is 32.4 Å². The lowest BCUT2D eigenvalue weighted by atomic mass is 10.0. The van der Waals surface area contributed by atoms with Crippen molar-refractivity contribution in [1.82, 2.24) is 10.2 Å². The molecule has 4 nitrogen and oxygen atoms in total. The van der Waals surface area contributed by atoms with Crippen molar-refractivity contribution in [3.05, 3.63) is 107 Å². The number of aryl methyl sites for hydroxylation is 1. The summed E-state index contributed by atoms with van der Waals surface area (Å²) in [6, 6.07) is 22.8. The summed E-state index contributed by atoms with van der Waals surface area (Å²) in [6.07, 6.45) is 0.496. The van der Waals surface area contributed by atoms with Gasteiger partial charge in [0.1, 0.15) is 11.9 Å². The monoisotopic (exact) mass is 418 g/mol. The standard InChI is InChI=1S/C26H27FN2O2/c1-19-7-6-10-22(15-19)18-29(25(30)17-21-11-13-23(27)14-12-21)24(26(31)28-2)16-20-8-4-3-5-9-20/h3-15,24H,16-18H2,1-2H3,(H,28,31). The predicted octanol–water partition coefficient (Wildman–Crippen LogP) is 4.06. The Balaban J connectivity index is 1.93. The van der Waals surface area contributed by atoms with Crippen LogP contribution in [0.25, 0.3) is 0 Å². The van der Waals surface area contributed by atoms with E-state index in [1.165, 1.54) is 12.1 Å². The quantitative estimate of drug-likeness (QED) is 0.600. The Morgan fingerprint density at radius 2 is 1.58 bits per heavy atom. The van der Waals surface area contributed by atoms with E-state index in [0.717, 1.165) is 16.7 Å². The van der Waals surface area contributed by atoms with Gasteiger partial charge in [0.2, 0.25) is 11.8 Å². The Labute approximate surface area is 182 Å². The van der Waals surface area contributed by atoms with Crippen LogP contribution in [-0.2, 0) is 29.0 Å². The van der Waals surface area contributed by atoms with E-state index < -0.39 is 6.04 Å². The molecule has 0 aliphatic rings. The Bertz CT molecular complexity index is 1020. The molecule has 0 aromatic heterocycles. The second-order valence-corrected chi connectivity index (χ2v) is 7.63. The molecule has 0 aliphatic carbocycles. The maximum absolute atomic E-state index is 13.4. The summed E-state index contributed by atoms with van der Waals surface area (Å²) in [6.45, 7) is 2.31. The molecule has 0 bridgehead atoms. The zero-order valence-electron chi connectivity index (χ0n) is 17.8. The lowest BCUT2D eigenvalue weighted by Gasteiger charge is -2.31. The minimum Gasteiger partial charge on any atom is -0.357 e. The van der Waals surface area contributed by atoms with Crippen LogP contribution in [0.1, 0.15) is 22.3 Å². The van der Waals surface area contributed by atoms with Gasteiger partial charge in [-0.3, -0.25) is 9.59 Å². The van der Waals surface area contributed by atoms with E-state index in [2.05, 4.69) is 5.32 Å². The van der Waals surface area contributed by atoms with Crippen molar-refractivity contribution in [2.75, 3.05) is 7.05 Å². The lowest BCUT2D eigenvalue weighted by Crippen LogP contribution is -2.50. The molecule has 3 aromatic carbocycles. The van der Waals surface area contributed by atoms with Gasteiger partial charge in [-0.1, -0.05) is 72.3 Å². The third kappa shape index (κ3) is 6.25. The summed E-state index contributed by atoms with van der Waals surface area (Å²) in [5, 5.41) is 2.71. The number of benzene rings is 3. The van der Waals surface area contributed by atoms with Gasteiger partial charge in [0, 0.05) is 20.0 Å². The average molecular weight is 419 g/mol. The Kier molecular flexibility index (Phi) is 7.55. The molecule has 1 atom stereocenters. The molecule has 0 saturated carbocycles. The predicted molar refractivity (Wildman–Crippen MR) is 120 cm³/mol. The first-order valence-electron chi connectivity index (χ1n) is 10.3. The van der Waals surface area contributed by atoms with Crippen LogP contribution in [0.5, 0.6) is 0 Å². The normalized spacial score (nSPS) is 11.6. The highest BCUT2D eigenvalue weighted by molar-refractivity contribution is 5.88. The number of hydrogen-bond acceptors (Lipinski definition) is 2. The molecule has 2 amide bonds. The van der Waals surface area contributed by atoms with E-state index in [1.807, 2.05) is 61.5 Å². The molecule has 0 fully saturated rings. The van der Waals surface area contributed by atoms with Gasteiger partial charge in [0.15, 0.2) is 0 Å². The van der Waals surface area contributed by atoms with E-state index in [1.54, 1.807) is 24.1 Å². The van der Waals surface area contributed by atoms with E-state index in [-0.39, 0.29) is 24.1 Å². The van der Waals surface area contributed by atoms with Crippen molar-refractivity contribution in [2.24, 2.45) is 0 Å². The van der Waals surface area contributed by atoms with E-state index in [4.69, 9.17) is 0 Å². The van der Waals surface area contributed by atoms with Gasteiger partial charge in [-0.05, 0) is 35.7 Å². The molecule has 0 radical (unpaired) electrons. The highest BCUT2D eigenvalue weighted by Gasteiger charge is 2.29. The second kappa shape index (κ2) is 10.5. The highest BCUT2D eigenvalue weighted by Crippen LogP contribution is 2.17. The summed E-state index contributed by atoms with van der Waals surface area (Å²) in [5.74, 6) is -0.748. The molecule has 1 unspecified atom stereocenters. The first-order chi connectivity index (χ1) is 15.0. The van der Waals surface area contributed by atoms with Crippen LogP contribution in [0.4, 0.5) is 4.39 Å². The molecule has 0 aliphatic heterocycles. The third-order valence-corrected chi connectivity index (χ3v) is 5.22. The molecule has 5 heteroatoms. The Morgan fingerprint density at radius 1 is 0.903 bits per heavy atom. The summed E-state index contributed by atoms with van der Waals surface area (Å²) >= 11 is 0. The van der Waals surface area contributed by atoms with Gasteiger partial charge in [0.05, 0.1) is 6.42 Å². The number of carbonyl (C=O) groups excluding carboxylic acids is 2. The zero-order valence-corrected chi connectivity index (χ0v) is 17.8. The molecule has 1 N–H and O–H groups in total. The van der Waals surface area contributed by atoms with Crippen LogP contribution in [0.15, 0.2) is 78.9 Å². The number of rotatable bonds is 8. The third-order valence-electron chi connectivity index (χ3n) is 5.22. The number of nitrogens with zero attached hydrogens (tertiary/aromatic N) is 1. The van der Waals surface area contributed by atoms with Crippen LogP contribution in [0, 0.1) is 12.7 Å². The van der Waals surface area contributed by atoms with Gasteiger partial charge in [0.25, 0.3) is 0 Å². The molecule has 3 aromatic rings. The van der Waals surface area contributed by atoms with Crippen LogP contribution in [0.2, 0.25) is 0 Å². The lowest BCUT2D eigenvalue weighted by molar-refractivity contribution is -0.140. The van der Waals surface area contributed by atoms with Gasteiger partial charge in [-0.2, -0.15) is 0 Å². The fourth-order valence-corrected chi connectivity index (χ4v) is 3.61. The zero-order chi connectivity index (χ0) is 22.2. The van der Waals surface area contributed by atoms with Crippen molar-refractivity contribution in [3.63, 3.8) is 0 Å². The van der Waals surface area contributed by atoms with Crippen molar-refractivity contribution < 1.29 is 14.0 Å². The topological polar surface area (TPSA) is 49.4 Å². The number of likely N-dealkylation sites (N-methyl/N-ethyl adjacent to an activating group) is 1. The fourth-order valence-electron chi connectivity index (χ4n) is 3.61. The van der Waals surface area contributed by atoms with E-state index in [9.17, 15) is 14.0 Å². The van der Waals surface area contributed by atoms with Crippen molar-refractivity contribution >= 4 is 11.8 Å². The molecule has 160 valence electrons. The minimum absolute atomic E-state index is 0.0916. The van der Waals surface area contributed by atoms with Crippen LogP contribution in [0.3, 0.4) is 0 Å². The van der Waals surface area contributed by atoms with E-state index >= 15 is 0 Å². The first kappa shape index (κ1) is 22.2. The summed E-state index contributed by atoms with van der Waals surface area (Å²) in [4.78, 5) is 27.9. The number of hydrogen-bond donors (Lipinski definition) is 1.